The molecule has 0 spiro atoms. The van der Waals surface area contributed by atoms with Crippen molar-refractivity contribution in [1.29, 1.82) is 0 Å². The molecule has 1 amide bonds. The number of anilines is 1. The second kappa shape index (κ2) is 11.1. The summed E-state index contributed by atoms with van der Waals surface area (Å²) >= 11 is 0. The first kappa shape index (κ1) is 23.7. The fourth-order valence-corrected chi connectivity index (χ4v) is 0.769. The SMILES string of the molecule is CC(=O)Nc1ccccc1O.Cl.Cl.O.O. The van der Waals surface area contributed by atoms with E-state index in [2.05, 4.69) is 5.32 Å². The fourth-order valence-electron chi connectivity index (χ4n) is 0.769. The van der Waals surface area contributed by atoms with Crippen LogP contribution in [0.1, 0.15) is 6.92 Å². The van der Waals surface area contributed by atoms with Crippen molar-refractivity contribution in [3.63, 3.8) is 0 Å². The van der Waals surface area contributed by atoms with Gasteiger partial charge in [0.25, 0.3) is 0 Å². The first-order valence-corrected chi connectivity index (χ1v) is 3.26. The summed E-state index contributed by atoms with van der Waals surface area (Å²) in [6.45, 7) is 1.40. The van der Waals surface area contributed by atoms with Crippen LogP contribution in [-0.2, 0) is 4.79 Å². The number of hydrogen-bond acceptors (Lipinski definition) is 2. The van der Waals surface area contributed by atoms with E-state index in [1.165, 1.54) is 13.0 Å². The highest BCUT2D eigenvalue weighted by atomic mass is 35.5. The van der Waals surface area contributed by atoms with E-state index in [9.17, 15) is 4.79 Å². The zero-order valence-electron chi connectivity index (χ0n) is 7.98. The van der Waals surface area contributed by atoms with Gasteiger partial charge in [0.15, 0.2) is 0 Å². The van der Waals surface area contributed by atoms with Gasteiger partial charge in [0.1, 0.15) is 5.75 Å². The van der Waals surface area contributed by atoms with E-state index in [0.29, 0.717) is 5.69 Å². The molecule has 1 aromatic carbocycles. The Hall–Kier alpha value is -1.01. The minimum Gasteiger partial charge on any atom is -0.506 e. The fraction of sp³-hybridized carbons (Fsp3) is 0.125. The molecule has 0 fully saturated rings. The third-order valence-corrected chi connectivity index (χ3v) is 1.21. The second-order valence-electron chi connectivity index (χ2n) is 2.20. The molecule has 7 heteroatoms. The molecule has 1 aromatic rings. The van der Waals surface area contributed by atoms with Gasteiger partial charge in [-0.3, -0.25) is 4.79 Å². The van der Waals surface area contributed by atoms with Crippen LogP contribution in [0.5, 0.6) is 5.75 Å². The van der Waals surface area contributed by atoms with Crippen LogP contribution < -0.4 is 5.32 Å². The first-order chi connectivity index (χ1) is 5.20. The van der Waals surface area contributed by atoms with Crippen molar-refractivity contribution >= 4 is 36.4 Å². The third-order valence-electron chi connectivity index (χ3n) is 1.21. The molecule has 90 valence electrons. The summed E-state index contributed by atoms with van der Waals surface area (Å²) in [6, 6.07) is 6.59. The van der Waals surface area contributed by atoms with Gasteiger partial charge in [-0.15, -0.1) is 24.8 Å². The molecule has 0 aliphatic heterocycles. The smallest absolute Gasteiger partial charge is 0.221 e. The number of carbonyl (C=O) groups is 1. The summed E-state index contributed by atoms with van der Waals surface area (Å²) < 4.78 is 0. The Morgan fingerprint density at radius 2 is 1.67 bits per heavy atom. The van der Waals surface area contributed by atoms with Crippen molar-refractivity contribution < 1.29 is 20.9 Å². The maximum Gasteiger partial charge on any atom is 0.221 e. The molecule has 0 saturated heterocycles. The average Bonchev–Trinajstić information content (AvgIpc) is 1.93. The highest BCUT2D eigenvalue weighted by molar-refractivity contribution is 5.90. The highest BCUT2D eigenvalue weighted by Gasteiger charge is 1.98. The monoisotopic (exact) mass is 259 g/mol. The zero-order chi connectivity index (χ0) is 8.27. The molecule has 0 atom stereocenters. The Labute approximate surface area is 99.9 Å². The summed E-state index contributed by atoms with van der Waals surface area (Å²) in [5.41, 5.74) is 0.444. The molecule has 0 unspecified atom stereocenters. The maximum absolute atomic E-state index is 10.5. The molecule has 1 rings (SSSR count). The molecule has 15 heavy (non-hydrogen) atoms. The minimum atomic E-state index is -0.188. The Kier molecular flexibility index (Phi) is 17.5. The summed E-state index contributed by atoms with van der Waals surface area (Å²) in [5, 5.41) is 11.6. The first-order valence-electron chi connectivity index (χ1n) is 3.26. The van der Waals surface area contributed by atoms with Crippen LogP contribution in [0.15, 0.2) is 24.3 Å². The molecule has 0 aliphatic rings. The van der Waals surface area contributed by atoms with Crippen LogP contribution in [0, 0.1) is 0 Å². The number of benzene rings is 1. The lowest BCUT2D eigenvalue weighted by Crippen LogP contribution is -2.05. The number of nitrogens with one attached hydrogen (secondary N) is 1. The molecule has 0 aliphatic carbocycles. The maximum atomic E-state index is 10.5. The van der Waals surface area contributed by atoms with Crippen molar-refractivity contribution in [1.82, 2.24) is 0 Å². The van der Waals surface area contributed by atoms with E-state index >= 15 is 0 Å². The van der Waals surface area contributed by atoms with Crippen molar-refractivity contribution in [2.24, 2.45) is 0 Å². The number of carbonyl (C=O) groups excluding carboxylic acids is 1. The number of para-hydroxylation sites is 2. The zero-order valence-corrected chi connectivity index (χ0v) is 9.61. The summed E-state index contributed by atoms with van der Waals surface area (Å²) in [7, 11) is 0. The molecule has 0 saturated carbocycles. The van der Waals surface area contributed by atoms with Crippen molar-refractivity contribution in [2.75, 3.05) is 5.32 Å². The third kappa shape index (κ3) is 8.02. The summed E-state index contributed by atoms with van der Waals surface area (Å²) in [4.78, 5) is 10.5. The van der Waals surface area contributed by atoms with Gasteiger partial charge < -0.3 is 21.4 Å². The number of halogens is 2. The molecule has 0 heterocycles. The van der Waals surface area contributed by atoms with E-state index in [0.717, 1.165) is 0 Å². The number of phenols is 1. The number of phenolic OH excluding ortho intramolecular Hbond substituents is 1. The molecule has 0 aromatic heterocycles. The van der Waals surface area contributed by atoms with E-state index in [4.69, 9.17) is 5.11 Å². The Morgan fingerprint density at radius 3 is 2.07 bits per heavy atom. The van der Waals surface area contributed by atoms with Crippen LogP contribution in [0.25, 0.3) is 0 Å². The largest absolute Gasteiger partial charge is 0.506 e. The lowest BCUT2D eigenvalue weighted by molar-refractivity contribution is -0.114. The van der Waals surface area contributed by atoms with Gasteiger partial charge in [-0.05, 0) is 12.1 Å². The van der Waals surface area contributed by atoms with E-state index < -0.39 is 0 Å². The summed E-state index contributed by atoms with van der Waals surface area (Å²) in [5.74, 6) is -0.103. The number of hydrogen-bond donors (Lipinski definition) is 2. The van der Waals surface area contributed by atoms with Gasteiger partial charge in [-0.2, -0.15) is 0 Å². The van der Waals surface area contributed by atoms with Crippen LogP contribution in [-0.4, -0.2) is 22.0 Å². The second-order valence-corrected chi connectivity index (χ2v) is 2.20. The number of amides is 1. The Bertz CT molecular complexity index is 283. The number of aromatic hydroxyl groups is 1. The van der Waals surface area contributed by atoms with Crippen LogP contribution in [0.2, 0.25) is 0 Å². The van der Waals surface area contributed by atoms with Gasteiger partial charge in [0.2, 0.25) is 5.91 Å². The van der Waals surface area contributed by atoms with Gasteiger partial charge in [0, 0.05) is 6.92 Å². The molecular formula is C8H15Cl2NO4. The topological polar surface area (TPSA) is 112 Å². The molecule has 0 radical (unpaired) electrons. The predicted octanol–water partition coefficient (Wildman–Crippen LogP) is 0.545. The highest BCUT2D eigenvalue weighted by Crippen LogP contribution is 2.20. The van der Waals surface area contributed by atoms with Crippen LogP contribution >= 0.6 is 24.8 Å². The minimum absolute atomic E-state index is 0. The van der Waals surface area contributed by atoms with E-state index in [1.807, 2.05) is 0 Å². The molecule has 5 nitrogen and oxygen atoms in total. The Balaban J connectivity index is -0.000000151. The molecule has 6 N–H and O–H groups in total. The standard InChI is InChI=1S/C8H9NO2.2ClH.2H2O/c1-6(10)9-7-4-2-3-5-8(7)11;;;;/h2-5,11H,1H3,(H,9,10);2*1H;2*1H2. The lowest BCUT2D eigenvalue weighted by atomic mass is 10.3. The van der Waals surface area contributed by atoms with Gasteiger partial charge >= 0.3 is 0 Å². The molecule has 0 bridgehead atoms. The number of rotatable bonds is 1. The van der Waals surface area contributed by atoms with Crippen molar-refractivity contribution in [3.05, 3.63) is 24.3 Å². The Morgan fingerprint density at radius 1 is 1.20 bits per heavy atom. The van der Waals surface area contributed by atoms with Crippen LogP contribution in [0.3, 0.4) is 0 Å². The summed E-state index contributed by atoms with van der Waals surface area (Å²) in [6.07, 6.45) is 0. The van der Waals surface area contributed by atoms with Crippen molar-refractivity contribution in [2.45, 2.75) is 6.92 Å². The predicted molar refractivity (Wildman–Crippen MR) is 64.1 cm³/mol. The van der Waals surface area contributed by atoms with Gasteiger partial charge in [-0.1, -0.05) is 12.1 Å². The van der Waals surface area contributed by atoms with Crippen molar-refractivity contribution in [3.8, 4) is 5.75 Å². The lowest BCUT2D eigenvalue weighted by Gasteiger charge is -2.02. The van der Waals surface area contributed by atoms with Gasteiger partial charge in [-0.25, -0.2) is 0 Å². The average molecular weight is 260 g/mol. The van der Waals surface area contributed by atoms with Gasteiger partial charge in [0.05, 0.1) is 5.69 Å². The van der Waals surface area contributed by atoms with E-state index in [-0.39, 0.29) is 47.4 Å². The normalized spacial score (nSPS) is 6.73. The molecular weight excluding hydrogens is 245 g/mol. The van der Waals surface area contributed by atoms with E-state index in [1.54, 1.807) is 18.2 Å². The van der Waals surface area contributed by atoms with Crippen LogP contribution in [0.4, 0.5) is 5.69 Å². The quantitative estimate of drug-likeness (QED) is 0.718.